The minimum atomic E-state index is -0.382. The van der Waals surface area contributed by atoms with Crippen molar-refractivity contribution in [3.63, 3.8) is 0 Å². The SMILES string of the molecule is CCCOC(=O)c1cnc2nc(C)ccc2c1Nc1cccc(C)c1.Cl. The van der Waals surface area contributed by atoms with Crippen molar-refractivity contribution in [3.05, 3.63) is 59.4 Å². The quantitative estimate of drug-likeness (QED) is 0.641. The van der Waals surface area contributed by atoms with Crippen molar-refractivity contribution in [2.24, 2.45) is 0 Å². The Labute approximate surface area is 159 Å². The molecule has 0 aliphatic heterocycles. The number of carbonyl (C=O) groups is 1. The molecule has 0 fully saturated rings. The number of aryl methyl sites for hydroxylation is 2. The van der Waals surface area contributed by atoms with Crippen molar-refractivity contribution in [1.82, 2.24) is 9.97 Å². The fourth-order valence-corrected chi connectivity index (χ4v) is 2.60. The number of pyridine rings is 2. The van der Waals surface area contributed by atoms with Gasteiger partial charge in [-0.15, -0.1) is 12.4 Å². The molecular formula is C20H22ClN3O2. The maximum Gasteiger partial charge on any atom is 0.341 e. The molecule has 26 heavy (non-hydrogen) atoms. The Morgan fingerprint density at radius 3 is 2.73 bits per heavy atom. The van der Waals surface area contributed by atoms with Crippen LogP contribution in [-0.4, -0.2) is 22.5 Å². The van der Waals surface area contributed by atoms with Crippen molar-refractivity contribution >= 4 is 40.8 Å². The van der Waals surface area contributed by atoms with Crippen LogP contribution >= 0.6 is 12.4 Å². The summed E-state index contributed by atoms with van der Waals surface area (Å²) in [6.07, 6.45) is 2.30. The summed E-state index contributed by atoms with van der Waals surface area (Å²) in [5.41, 5.74) is 4.59. The van der Waals surface area contributed by atoms with Crippen molar-refractivity contribution in [1.29, 1.82) is 0 Å². The molecule has 1 aromatic carbocycles. The van der Waals surface area contributed by atoms with Crippen LogP contribution in [0.25, 0.3) is 11.0 Å². The summed E-state index contributed by atoms with van der Waals surface area (Å²) in [6.45, 7) is 6.28. The zero-order valence-corrected chi connectivity index (χ0v) is 15.9. The number of benzene rings is 1. The van der Waals surface area contributed by atoms with E-state index in [4.69, 9.17) is 4.74 Å². The molecule has 2 aromatic heterocycles. The molecule has 6 heteroatoms. The van der Waals surface area contributed by atoms with E-state index in [0.29, 0.717) is 23.5 Å². The number of aromatic nitrogens is 2. The highest BCUT2D eigenvalue weighted by atomic mass is 35.5. The highest BCUT2D eigenvalue weighted by molar-refractivity contribution is 6.05. The van der Waals surface area contributed by atoms with Gasteiger partial charge in [-0.2, -0.15) is 0 Å². The first kappa shape index (κ1) is 19.7. The lowest BCUT2D eigenvalue weighted by atomic mass is 10.1. The summed E-state index contributed by atoms with van der Waals surface area (Å²) >= 11 is 0. The number of anilines is 2. The van der Waals surface area contributed by atoms with Crippen LogP contribution in [0.2, 0.25) is 0 Å². The number of esters is 1. The second kappa shape index (κ2) is 8.63. The zero-order chi connectivity index (χ0) is 17.8. The molecule has 0 saturated carbocycles. The van der Waals surface area contributed by atoms with E-state index in [1.54, 1.807) is 0 Å². The summed E-state index contributed by atoms with van der Waals surface area (Å²) < 4.78 is 5.31. The van der Waals surface area contributed by atoms with Gasteiger partial charge in [0.15, 0.2) is 5.65 Å². The smallest absolute Gasteiger partial charge is 0.341 e. The molecule has 1 N–H and O–H groups in total. The lowest BCUT2D eigenvalue weighted by Gasteiger charge is -2.14. The number of carbonyl (C=O) groups excluding carboxylic acids is 1. The summed E-state index contributed by atoms with van der Waals surface area (Å²) in [5.74, 6) is -0.382. The van der Waals surface area contributed by atoms with E-state index in [1.165, 1.54) is 6.20 Å². The lowest BCUT2D eigenvalue weighted by Crippen LogP contribution is -2.10. The summed E-state index contributed by atoms with van der Waals surface area (Å²) in [6, 6.07) is 11.8. The molecule has 0 aliphatic carbocycles. The molecule has 0 spiro atoms. The van der Waals surface area contributed by atoms with Gasteiger partial charge >= 0.3 is 5.97 Å². The molecule has 136 valence electrons. The number of fused-ring (bicyclic) bond motifs is 1. The molecule has 3 aromatic rings. The predicted octanol–water partition coefficient (Wildman–Crippen LogP) is 4.98. The number of hydrogen-bond acceptors (Lipinski definition) is 5. The fourth-order valence-electron chi connectivity index (χ4n) is 2.60. The van der Waals surface area contributed by atoms with Gasteiger partial charge in [0, 0.05) is 23.0 Å². The molecule has 3 rings (SSSR count). The van der Waals surface area contributed by atoms with Crippen molar-refractivity contribution < 1.29 is 9.53 Å². The molecule has 0 amide bonds. The van der Waals surface area contributed by atoms with Crippen molar-refractivity contribution in [2.75, 3.05) is 11.9 Å². The van der Waals surface area contributed by atoms with Gasteiger partial charge in [0.05, 0.1) is 12.3 Å². The standard InChI is InChI=1S/C20H21N3O2.ClH/c1-4-10-25-20(24)17-12-21-19-16(9-8-14(3)22-19)18(17)23-15-7-5-6-13(2)11-15;/h5-9,11-12H,4,10H2,1-3H3,(H,21,22,23);1H. The van der Waals surface area contributed by atoms with E-state index >= 15 is 0 Å². The Hall–Kier alpha value is -2.66. The number of hydrogen-bond donors (Lipinski definition) is 1. The van der Waals surface area contributed by atoms with Gasteiger partial charge in [-0.1, -0.05) is 19.1 Å². The summed E-state index contributed by atoms with van der Waals surface area (Å²) in [7, 11) is 0. The minimum absolute atomic E-state index is 0. The molecule has 5 nitrogen and oxygen atoms in total. The predicted molar refractivity (Wildman–Crippen MR) is 107 cm³/mol. The van der Waals surface area contributed by atoms with Crippen molar-refractivity contribution in [2.45, 2.75) is 27.2 Å². The molecule has 0 atom stereocenters. The highest BCUT2D eigenvalue weighted by Gasteiger charge is 2.17. The van der Waals surface area contributed by atoms with Crippen LogP contribution in [-0.2, 0) is 4.74 Å². The maximum absolute atomic E-state index is 12.5. The van der Waals surface area contributed by atoms with E-state index in [-0.39, 0.29) is 18.4 Å². The average molecular weight is 372 g/mol. The largest absolute Gasteiger partial charge is 0.462 e. The van der Waals surface area contributed by atoms with Crippen LogP contribution in [0.15, 0.2) is 42.6 Å². The molecule has 2 heterocycles. The van der Waals surface area contributed by atoms with Crippen LogP contribution in [0, 0.1) is 13.8 Å². The van der Waals surface area contributed by atoms with Crippen LogP contribution in [0.1, 0.15) is 35.0 Å². The van der Waals surface area contributed by atoms with Crippen LogP contribution in [0.5, 0.6) is 0 Å². The number of nitrogens with zero attached hydrogens (tertiary/aromatic N) is 2. The first-order valence-corrected chi connectivity index (χ1v) is 8.35. The Morgan fingerprint density at radius 2 is 2.00 bits per heavy atom. The molecule has 0 unspecified atom stereocenters. The first-order valence-electron chi connectivity index (χ1n) is 8.35. The molecule has 0 bridgehead atoms. The van der Waals surface area contributed by atoms with Gasteiger partial charge in [0.2, 0.25) is 0 Å². The molecule has 0 aliphatic rings. The van der Waals surface area contributed by atoms with Gasteiger partial charge in [0.25, 0.3) is 0 Å². The molecule has 0 radical (unpaired) electrons. The van der Waals surface area contributed by atoms with E-state index in [9.17, 15) is 4.79 Å². The van der Waals surface area contributed by atoms with E-state index in [2.05, 4.69) is 15.3 Å². The van der Waals surface area contributed by atoms with Crippen molar-refractivity contribution in [3.8, 4) is 0 Å². The Bertz CT molecular complexity index is 928. The van der Waals surface area contributed by atoms with Gasteiger partial charge in [-0.3, -0.25) is 0 Å². The lowest BCUT2D eigenvalue weighted by molar-refractivity contribution is 0.0506. The monoisotopic (exact) mass is 371 g/mol. The Kier molecular flexibility index (Phi) is 6.52. The normalized spacial score (nSPS) is 10.3. The second-order valence-corrected chi connectivity index (χ2v) is 6.00. The van der Waals surface area contributed by atoms with E-state index in [0.717, 1.165) is 28.8 Å². The van der Waals surface area contributed by atoms with Gasteiger partial charge in [0.1, 0.15) is 5.56 Å². The summed E-state index contributed by atoms with van der Waals surface area (Å²) in [5, 5.41) is 4.14. The second-order valence-electron chi connectivity index (χ2n) is 6.00. The zero-order valence-electron chi connectivity index (χ0n) is 15.1. The van der Waals surface area contributed by atoms with Gasteiger partial charge in [-0.05, 0) is 50.1 Å². The first-order chi connectivity index (χ1) is 12.1. The Morgan fingerprint density at radius 1 is 1.19 bits per heavy atom. The number of ether oxygens (including phenoxy) is 1. The third-order valence-corrected chi connectivity index (χ3v) is 3.81. The number of rotatable bonds is 5. The van der Waals surface area contributed by atoms with Crippen LogP contribution in [0.4, 0.5) is 11.4 Å². The number of nitrogens with one attached hydrogen (secondary N) is 1. The third kappa shape index (κ3) is 4.29. The highest BCUT2D eigenvalue weighted by Crippen LogP contribution is 2.29. The molecule has 0 saturated heterocycles. The molecular weight excluding hydrogens is 350 g/mol. The van der Waals surface area contributed by atoms with Gasteiger partial charge in [-0.25, -0.2) is 14.8 Å². The number of halogens is 1. The third-order valence-electron chi connectivity index (χ3n) is 3.81. The van der Waals surface area contributed by atoms with Crippen LogP contribution in [0.3, 0.4) is 0 Å². The Balaban J connectivity index is 0.00000243. The maximum atomic E-state index is 12.5. The average Bonchev–Trinajstić information content (AvgIpc) is 2.59. The van der Waals surface area contributed by atoms with E-state index in [1.807, 2.05) is 57.2 Å². The summed E-state index contributed by atoms with van der Waals surface area (Å²) in [4.78, 5) is 21.3. The van der Waals surface area contributed by atoms with Gasteiger partial charge < -0.3 is 10.1 Å². The fraction of sp³-hybridized carbons (Fsp3) is 0.250. The van der Waals surface area contributed by atoms with Crippen LogP contribution < -0.4 is 5.32 Å². The van der Waals surface area contributed by atoms with E-state index < -0.39 is 0 Å². The minimum Gasteiger partial charge on any atom is -0.462 e. The topological polar surface area (TPSA) is 64.1 Å².